The second kappa shape index (κ2) is 6.20. The van der Waals surface area contributed by atoms with Crippen LogP contribution in [0.5, 0.6) is 0 Å². The van der Waals surface area contributed by atoms with Crippen molar-refractivity contribution in [2.24, 2.45) is 7.05 Å². The van der Waals surface area contributed by atoms with Gasteiger partial charge in [-0.25, -0.2) is 0 Å². The van der Waals surface area contributed by atoms with Crippen molar-refractivity contribution in [1.82, 2.24) is 25.4 Å². The van der Waals surface area contributed by atoms with Crippen molar-refractivity contribution >= 4 is 11.8 Å². The summed E-state index contributed by atoms with van der Waals surface area (Å²) >= 11 is 0. The molecular formula is C16H19N5O2. The zero-order valence-electron chi connectivity index (χ0n) is 13.1. The molecule has 1 aliphatic heterocycles. The van der Waals surface area contributed by atoms with Crippen LogP contribution in [0.2, 0.25) is 0 Å². The van der Waals surface area contributed by atoms with E-state index in [0.717, 1.165) is 11.4 Å². The minimum atomic E-state index is -0.286. The van der Waals surface area contributed by atoms with Crippen LogP contribution >= 0.6 is 0 Å². The molecule has 2 aromatic rings. The maximum absolute atomic E-state index is 12.4. The predicted octanol–water partition coefficient (Wildman–Crippen LogP) is 0.873. The monoisotopic (exact) mass is 313 g/mol. The van der Waals surface area contributed by atoms with Crippen LogP contribution in [0.3, 0.4) is 0 Å². The molecule has 2 amide bonds. The van der Waals surface area contributed by atoms with E-state index in [4.69, 9.17) is 0 Å². The lowest BCUT2D eigenvalue weighted by Crippen LogP contribution is -2.50. The lowest BCUT2D eigenvalue weighted by Gasteiger charge is -2.32. The van der Waals surface area contributed by atoms with Gasteiger partial charge < -0.3 is 10.6 Å². The van der Waals surface area contributed by atoms with E-state index in [2.05, 4.69) is 20.7 Å². The van der Waals surface area contributed by atoms with Crippen LogP contribution in [0.4, 0.5) is 0 Å². The lowest BCUT2D eigenvalue weighted by molar-refractivity contribution is -0.123. The first-order valence-electron chi connectivity index (χ1n) is 7.55. The first-order chi connectivity index (χ1) is 11.0. The lowest BCUT2D eigenvalue weighted by atomic mass is 9.95. The Bertz CT molecular complexity index is 722. The van der Waals surface area contributed by atoms with Gasteiger partial charge in [0, 0.05) is 31.6 Å². The molecule has 7 nitrogen and oxygen atoms in total. The highest BCUT2D eigenvalue weighted by atomic mass is 16.2. The van der Waals surface area contributed by atoms with Crippen molar-refractivity contribution in [3.05, 3.63) is 47.5 Å². The van der Waals surface area contributed by atoms with E-state index in [9.17, 15) is 9.59 Å². The number of aryl methyl sites for hydroxylation is 2. The van der Waals surface area contributed by atoms with E-state index in [1.54, 1.807) is 29.2 Å². The third-order valence-electron chi connectivity index (χ3n) is 4.07. The summed E-state index contributed by atoms with van der Waals surface area (Å²) in [6.07, 6.45) is 4.22. The van der Waals surface area contributed by atoms with E-state index in [1.165, 1.54) is 0 Å². The summed E-state index contributed by atoms with van der Waals surface area (Å²) in [5.74, 6) is -0.204. The molecule has 2 N–H and O–H groups in total. The van der Waals surface area contributed by atoms with Crippen LogP contribution in [0.25, 0.3) is 0 Å². The van der Waals surface area contributed by atoms with Gasteiger partial charge in [0.1, 0.15) is 0 Å². The Morgan fingerprint density at radius 1 is 1.39 bits per heavy atom. The molecule has 0 aliphatic carbocycles. The molecule has 0 bridgehead atoms. The highest BCUT2D eigenvalue weighted by Gasteiger charge is 2.32. The van der Waals surface area contributed by atoms with Crippen molar-refractivity contribution in [2.75, 3.05) is 0 Å². The molecule has 120 valence electrons. The van der Waals surface area contributed by atoms with Crippen molar-refractivity contribution in [1.29, 1.82) is 0 Å². The smallest absolute Gasteiger partial charge is 0.253 e. The number of nitrogens with zero attached hydrogens (tertiary/aromatic N) is 3. The topological polar surface area (TPSA) is 88.9 Å². The molecular weight excluding hydrogens is 294 g/mol. The van der Waals surface area contributed by atoms with E-state index < -0.39 is 0 Å². The van der Waals surface area contributed by atoms with Gasteiger partial charge in [-0.05, 0) is 31.5 Å². The van der Waals surface area contributed by atoms with Crippen LogP contribution in [0, 0.1) is 6.92 Å². The van der Waals surface area contributed by atoms with Gasteiger partial charge >= 0.3 is 0 Å². The van der Waals surface area contributed by atoms with E-state index in [0.29, 0.717) is 18.4 Å². The molecule has 3 rings (SSSR count). The summed E-state index contributed by atoms with van der Waals surface area (Å²) in [4.78, 5) is 28.3. The molecule has 0 saturated carbocycles. The summed E-state index contributed by atoms with van der Waals surface area (Å²) < 4.78 is 1.71. The zero-order valence-corrected chi connectivity index (χ0v) is 13.1. The van der Waals surface area contributed by atoms with Gasteiger partial charge in [-0.3, -0.25) is 19.3 Å². The average molecular weight is 313 g/mol. The molecule has 2 atom stereocenters. The van der Waals surface area contributed by atoms with Crippen LogP contribution in [-0.4, -0.2) is 32.6 Å². The number of amides is 2. The molecule has 1 fully saturated rings. The predicted molar refractivity (Wildman–Crippen MR) is 83.6 cm³/mol. The molecule has 0 unspecified atom stereocenters. The number of piperidine rings is 1. The Morgan fingerprint density at radius 2 is 2.22 bits per heavy atom. The van der Waals surface area contributed by atoms with E-state index in [1.807, 2.05) is 20.0 Å². The van der Waals surface area contributed by atoms with Crippen LogP contribution in [-0.2, 0) is 11.8 Å². The third-order valence-corrected chi connectivity index (χ3v) is 4.07. The largest absolute Gasteiger partial charge is 0.347 e. The van der Waals surface area contributed by atoms with Crippen LogP contribution < -0.4 is 10.6 Å². The highest BCUT2D eigenvalue weighted by Crippen LogP contribution is 2.24. The van der Waals surface area contributed by atoms with Crippen molar-refractivity contribution in [3.8, 4) is 0 Å². The molecule has 0 aromatic carbocycles. The summed E-state index contributed by atoms with van der Waals surface area (Å²) in [6, 6.07) is 4.93. The first kappa shape index (κ1) is 15.2. The molecule has 7 heteroatoms. The van der Waals surface area contributed by atoms with Gasteiger partial charge in [0.15, 0.2) is 0 Å². The number of pyridine rings is 1. The Labute approximate surface area is 134 Å². The van der Waals surface area contributed by atoms with Gasteiger partial charge in [-0.15, -0.1) is 0 Å². The van der Waals surface area contributed by atoms with Crippen molar-refractivity contribution < 1.29 is 9.59 Å². The number of carbonyl (C=O) groups excluding carboxylic acids is 2. The Balaban J connectivity index is 1.79. The summed E-state index contributed by atoms with van der Waals surface area (Å²) in [5.41, 5.74) is 2.24. The number of rotatable bonds is 3. The third kappa shape index (κ3) is 3.23. The molecule has 0 spiro atoms. The van der Waals surface area contributed by atoms with E-state index >= 15 is 0 Å². The Morgan fingerprint density at radius 3 is 2.87 bits per heavy atom. The number of hydrogen-bond acceptors (Lipinski definition) is 4. The van der Waals surface area contributed by atoms with Gasteiger partial charge in [-0.1, -0.05) is 0 Å². The van der Waals surface area contributed by atoms with E-state index in [-0.39, 0.29) is 23.9 Å². The maximum atomic E-state index is 12.4. The molecule has 2 aromatic heterocycles. The Hall–Kier alpha value is -2.70. The fourth-order valence-corrected chi connectivity index (χ4v) is 2.78. The average Bonchev–Trinajstić information content (AvgIpc) is 2.95. The first-order valence-corrected chi connectivity index (χ1v) is 7.55. The summed E-state index contributed by atoms with van der Waals surface area (Å²) in [6.45, 7) is 1.87. The second-order valence-electron chi connectivity index (χ2n) is 5.73. The zero-order chi connectivity index (χ0) is 16.4. The SMILES string of the molecule is Cc1ccc(C(=O)N[C@@H]2CCC(=O)N[C@H]2c2ccnn2C)cn1. The highest BCUT2D eigenvalue weighted by molar-refractivity contribution is 5.94. The summed E-state index contributed by atoms with van der Waals surface area (Å²) in [5, 5.41) is 10.1. The van der Waals surface area contributed by atoms with Crippen molar-refractivity contribution in [2.45, 2.75) is 31.8 Å². The molecule has 1 saturated heterocycles. The van der Waals surface area contributed by atoms with Gasteiger partial charge in [0.2, 0.25) is 5.91 Å². The van der Waals surface area contributed by atoms with Crippen molar-refractivity contribution in [3.63, 3.8) is 0 Å². The molecule has 23 heavy (non-hydrogen) atoms. The number of hydrogen-bond donors (Lipinski definition) is 2. The quantitative estimate of drug-likeness (QED) is 0.880. The maximum Gasteiger partial charge on any atom is 0.253 e. The van der Waals surface area contributed by atoms with Crippen LogP contribution in [0.15, 0.2) is 30.6 Å². The molecule has 0 radical (unpaired) electrons. The fraction of sp³-hybridized carbons (Fsp3) is 0.375. The normalized spacial score (nSPS) is 20.9. The fourth-order valence-electron chi connectivity index (χ4n) is 2.78. The Kier molecular flexibility index (Phi) is 4.10. The van der Waals surface area contributed by atoms with Crippen LogP contribution in [0.1, 0.15) is 40.6 Å². The van der Waals surface area contributed by atoms with Gasteiger partial charge in [-0.2, -0.15) is 5.10 Å². The van der Waals surface area contributed by atoms with Gasteiger partial charge in [0.25, 0.3) is 5.91 Å². The second-order valence-corrected chi connectivity index (χ2v) is 5.73. The minimum Gasteiger partial charge on any atom is -0.347 e. The minimum absolute atomic E-state index is 0.0151. The summed E-state index contributed by atoms with van der Waals surface area (Å²) in [7, 11) is 1.82. The molecule has 1 aliphatic rings. The molecule has 3 heterocycles. The standard InChI is InChI=1S/C16H19N5O2/c1-10-3-4-11(9-17-10)16(23)19-12-5-6-14(22)20-15(12)13-7-8-18-21(13)2/h3-4,7-9,12,15H,5-6H2,1-2H3,(H,19,23)(H,20,22)/t12-,15-/m1/s1. The number of nitrogens with one attached hydrogen (secondary N) is 2. The number of aromatic nitrogens is 3. The number of carbonyl (C=O) groups is 2. The van der Waals surface area contributed by atoms with Gasteiger partial charge in [0.05, 0.1) is 23.3 Å².